The van der Waals surface area contributed by atoms with Gasteiger partial charge in [0.15, 0.2) is 0 Å². The number of hydrogen-bond acceptors (Lipinski definition) is 3. The normalized spacial score (nSPS) is 19.9. The molecule has 0 saturated carbocycles. The Morgan fingerprint density at radius 1 is 1.41 bits per heavy atom. The van der Waals surface area contributed by atoms with Gasteiger partial charge in [0.05, 0.1) is 0 Å². The summed E-state index contributed by atoms with van der Waals surface area (Å²) in [4.78, 5) is 11.7. The van der Waals surface area contributed by atoms with Crippen LogP contribution < -0.4 is 5.32 Å². The first-order chi connectivity index (χ1) is 8.27. The third-order valence-electron chi connectivity index (χ3n) is 2.92. The molecule has 1 aliphatic rings. The third-order valence-corrected chi connectivity index (χ3v) is 2.92. The van der Waals surface area contributed by atoms with Crippen LogP contribution in [0.2, 0.25) is 0 Å². The second-order valence-electron chi connectivity index (χ2n) is 4.20. The molecule has 0 radical (unpaired) electrons. The van der Waals surface area contributed by atoms with Crippen molar-refractivity contribution in [1.29, 1.82) is 0 Å². The molecular weight excluding hydrogens is 221 g/mol. The number of nitrogens with one attached hydrogen (secondary N) is 1. The molecule has 0 aliphatic carbocycles. The summed E-state index contributed by atoms with van der Waals surface area (Å²) < 4.78 is 18.4. The van der Waals surface area contributed by atoms with Crippen LogP contribution in [-0.4, -0.2) is 18.6 Å². The number of benzene rings is 1. The quantitative estimate of drug-likeness (QED) is 0.817. The average Bonchev–Trinajstić information content (AvgIpc) is 2.38. The topological polar surface area (TPSA) is 38.3 Å². The van der Waals surface area contributed by atoms with Gasteiger partial charge in [0.2, 0.25) is 0 Å². The van der Waals surface area contributed by atoms with Crippen molar-refractivity contribution in [1.82, 2.24) is 5.32 Å². The third kappa shape index (κ3) is 3.27. The molecule has 17 heavy (non-hydrogen) atoms. The SMILES string of the molecule is O=C(OCc1ccccc1F)[C@@H]1CCCCN1. The van der Waals surface area contributed by atoms with E-state index in [4.69, 9.17) is 4.74 Å². The zero-order valence-corrected chi connectivity index (χ0v) is 9.62. The van der Waals surface area contributed by atoms with E-state index in [0.717, 1.165) is 25.8 Å². The van der Waals surface area contributed by atoms with Gasteiger partial charge in [0.1, 0.15) is 18.5 Å². The number of ether oxygens (including phenoxy) is 1. The number of carbonyl (C=O) groups is 1. The average molecular weight is 237 g/mol. The van der Waals surface area contributed by atoms with Crippen molar-refractivity contribution in [3.05, 3.63) is 35.6 Å². The second kappa shape index (κ2) is 5.77. The summed E-state index contributed by atoms with van der Waals surface area (Å²) in [5.74, 6) is -0.621. The maximum atomic E-state index is 13.3. The number of esters is 1. The van der Waals surface area contributed by atoms with E-state index >= 15 is 0 Å². The molecule has 92 valence electrons. The van der Waals surface area contributed by atoms with Gasteiger partial charge in [-0.3, -0.25) is 4.79 Å². The van der Waals surface area contributed by atoms with Crippen molar-refractivity contribution in [3.63, 3.8) is 0 Å². The summed E-state index contributed by atoms with van der Waals surface area (Å²) in [6.07, 6.45) is 2.93. The number of carbonyl (C=O) groups excluding carboxylic acids is 1. The van der Waals surface area contributed by atoms with Gasteiger partial charge in [-0.25, -0.2) is 4.39 Å². The minimum absolute atomic E-state index is 0.00366. The lowest BCUT2D eigenvalue weighted by Crippen LogP contribution is -2.41. The van der Waals surface area contributed by atoms with E-state index < -0.39 is 0 Å². The van der Waals surface area contributed by atoms with Gasteiger partial charge in [-0.05, 0) is 25.5 Å². The molecule has 1 saturated heterocycles. The molecule has 0 unspecified atom stereocenters. The number of hydrogen-bond donors (Lipinski definition) is 1. The highest BCUT2D eigenvalue weighted by Gasteiger charge is 2.21. The van der Waals surface area contributed by atoms with E-state index in [2.05, 4.69) is 5.32 Å². The predicted molar refractivity (Wildman–Crippen MR) is 61.8 cm³/mol. The molecule has 1 N–H and O–H groups in total. The van der Waals surface area contributed by atoms with Crippen LogP contribution in [-0.2, 0) is 16.1 Å². The zero-order chi connectivity index (χ0) is 12.1. The second-order valence-corrected chi connectivity index (χ2v) is 4.20. The lowest BCUT2D eigenvalue weighted by Gasteiger charge is -2.21. The van der Waals surface area contributed by atoms with Crippen LogP contribution in [0.25, 0.3) is 0 Å². The van der Waals surface area contributed by atoms with Crippen molar-refractivity contribution in [2.45, 2.75) is 31.9 Å². The van der Waals surface area contributed by atoms with Crippen LogP contribution in [0.5, 0.6) is 0 Å². The van der Waals surface area contributed by atoms with Gasteiger partial charge in [-0.1, -0.05) is 24.6 Å². The van der Waals surface area contributed by atoms with Crippen LogP contribution in [0.1, 0.15) is 24.8 Å². The Labute approximate surface area is 100.0 Å². The van der Waals surface area contributed by atoms with Crippen LogP contribution in [0, 0.1) is 5.82 Å². The zero-order valence-electron chi connectivity index (χ0n) is 9.62. The number of rotatable bonds is 3. The van der Waals surface area contributed by atoms with Crippen molar-refractivity contribution in [3.8, 4) is 0 Å². The fourth-order valence-corrected chi connectivity index (χ4v) is 1.92. The minimum atomic E-state index is -0.336. The molecule has 0 amide bonds. The van der Waals surface area contributed by atoms with E-state index in [1.54, 1.807) is 18.2 Å². The lowest BCUT2D eigenvalue weighted by atomic mass is 10.1. The van der Waals surface area contributed by atoms with E-state index in [0.29, 0.717) is 5.56 Å². The molecule has 1 fully saturated rings. The Bertz CT molecular complexity index is 389. The van der Waals surface area contributed by atoms with E-state index in [-0.39, 0.29) is 24.4 Å². The standard InChI is InChI=1S/C13H16FNO2/c14-11-6-2-1-5-10(11)9-17-13(16)12-7-3-4-8-15-12/h1-2,5-6,12,15H,3-4,7-9H2/t12-/m0/s1. The van der Waals surface area contributed by atoms with Gasteiger partial charge >= 0.3 is 5.97 Å². The van der Waals surface area contributed by atoms with Crippen LogP contribution >= 0.6 is 0 Å². The smallest absolute Gasteiger partial charge is 0.323 e. The first-order valence-corrected chi connectivity index (χ1v) is 5.91. The van der Waals surface area contributed by atoms with Gasteiger partial charge in [-0.2, -0.15) is 0 Å². The van der Waals surface area contributed by atoms with Gasteiger partial charge in [0.25, 0.3) is 0 Å². The van der Waals surface area contributed by atoms with Crippen molar-refractivity contribution >= 4 is 5.97 Å². The first-order valence-electron chi connectivity index (χ1n) is 5.91. The Hall–Kier alpha value is -1.42. The maximum absolute atomic E-state index is 13.3. The molecule has 1 aliphatic heterocycles. The van der Waals surface area contributed by atoms with Crippen LogP contribution in [0.4, 0.5) is 4.39 Å². The first kappa shape index (κ1) is 12.0. The Balaban J connectivity index is 1.85. The highest BCUT2D eigenvalue weighted by molar-refractivity contribution is 5.75. The summed E-state index contributed by atoms with van der Waals surface area (Å²) in [5, 5.41) is 3.10. The van der Waals surface area contributed by atoms with Crippen molar-refractivity contribution in [2.24, 2.45) is 0 Å². The molecule has 1 atom stereocenters. The maximum Gasteiger partial charge on any atom is 0.323 e. The lowest BCUT2D eigenvalue weighted by molar-refractivity contribution is -0.148. The van der Waals surface area contributed by atoms with E-state index in [9.17, 15) is 9.18 Å². The number of halogens is 1. The predicted octanol–water partition coefficient (Wildman–Crippen LogP) is 2.01. The highest BCUT2D eigenvalue weighted by atomic mass is 19.1. The Morgan fingerprint density at radius 2 is 2.24 bits per heavy atom. The Morgan fingerprint density at radius 3 is 2.94 bits per heavy atom. The molecule has 0 bridgehead atoms. The highest BCUT2D eigenvalue weighted by Crippen LogP contribution is 2.11. The Kier molecular flexibility index (Phi) is 4.09. The molecule has 2 rings (SSSR count). The van der Waals surface area contributed by atoms with Crippen molar-refractivity contribution < 1.29 is 13.9 Å². The summed E-state index contributed by atoms with van der Waals surface area (Å²) >= 11 is 0. The largest absolute Gasteiger partial charge is 0.460 e. The minimum Gasteiger partial charge on any atom is -0.460 e. The van der Waals surface area contributed by atoms with Gasteiger partial charge < -0.3 is 10.1 Å². The van der Waals surface area contributed by atoms with E-state index in [1.807, 2.05) is 0 Å². The molecule has 0 aromatic heterocycles. The summed E-state index contributed by atoms with van der Waals surface area (Å²) in [5.41, 5.74) is 0.414. The molecule has 1 aromatic rings. The molecule has 1 aromatic carbocycles. The molecule has 1 heterocycles. The fraction of sp³-hybridized carbons (Fsp3) is 0.462. The fourth-order valence-electron chi connectivity index (χ4n) is 1.92. The van der Waals surface area contributed by atoms with Crippen molar-refractivity contribution in [2.75, 3.05) is 6.54 Å². The van der Waals surface area contributed by atoms with E-state index in [1.165, 1.54) is 6.07 Å². The monoisotopic (exact) mass is 237 g/mol. The summed E-state index contributed by atoms with van der Waals surface area (Å²) in [7, 11) is 0. The molecule has 3 nitrogen and oxygen atoms in total. The van der Waals surface area contributed by atoms with Crippen LogP contribution in [0.15, 0.2) is 24.3 Å². The number of piperidine rings is 1. The molecule has 0 spiro atoms. The van der Waals surface area contributed by atoms with Gasteiger partial charge in [-0.15, -0.1) is 0 Å². The van der Waals surface area contributed by atoms with Gasteiger partial charge in [0, 0.05) is 5.56 Å². The summed E-state index contributed by atoms with van der Waals surface area (Å²) in [6, 6.07) is 6.10. The summed E-state index contributed by atoms with van der Waals surface area (Å²) in [6.45, 7) is 0.850. The molecular formula is C13H16FNO2. The van der Waals surface area contributed by atoms with Crippen LogP contribution in [0.3, 0.4) is 0 Å². The molecule has 4 heteroatoms.